The monoisotopic (exact) mass is 439 g/mol. The highest BCUT2D eigenvalue weighted by atomic mass is 19.1. The topological polar surface area (TPSA) is 83.4 Å². The number of fused-ring (bicyclic) bond motifs is 1. The summed E-state index contributed by atoms with van der Waals surface area (Å²) in [6.07, 6.45) is 5.32. The molecule has 2 aliphatic heterocycles. The highest BCUT2D eigenvalue weighted by Gasteiger charge is 2.43. The molecule has 2 N–H and O–H groups in total. The standard InChI is InChI=1S/C24H26FN3O4/c1-31-27-21-14-24(11-2-12-28(16-24)15-18-3-7-19(25)8-4-18)32-22-9-5-17(13-20(21)22)6-10-23(29)26-30/h3-10,13,30H,2,11-12,14-16H2,1H3,(H,26,29). The lowest BCUT2D eigenvalue weighted by molar-refractivity contribution is -0.124. The number of nitrogens with zero attached hydrogens (tertiary/aromatic N) is 2. The molecule has 0 bridgehead atoms. The molecule has 2 aliphatic rings. The summed E-state index contributed by atoms with van der Waals surface area (Å²) in [6.45, 7) is 2.40. The molecule has 1 fully saturated rings. The Kier molecular flexibility index (Phi) is 6.53. The molecule has 8 heteroatoms. The number of hydrogen-bond acceptors (Lipinski definition) is 6. The number of halogens is 1. The van der Waals surface area contributed by atoms with Gasteiger partial charge in [0.15, 0.2) is 0 Å². The predicted molar refractivity (Wildman–Crippen MR) is 118 cm³/mol. The Hall–Kier alpha value is -3.23. The van der Waals surface area contributed by atoms with E-state index >= 15 is 0 Å². The van der Waals surface area contributed by atoms with Crippen LogP contribution in [0.1, 0.15) is 36.0 Å². The summed E-state index contributed by atoms with van der Waals surface area (Å²) >= 11 is 0. The smallest absolute Gasteiger partial charge is 0.267 e. The number of nitrogens with one attached hydrogen (secondary N) is 1. The van der Waals surface area contributed by atoms with Crippen molar-refractivity contribution in [1.82, 2.24) is 10.4 Å². The minimum absolute atomic E-state index is 0.234. The van der Waals surface area contributed by atoms with E-state index in [4.69, 9.17) is 14.8 Å². The number of rotatable bonds is 5. The molecule has 32 heavy (non-hydrogen) atoms. The number of benzene rings is 2. The van der Waals surface area contributed by atoms with E-state index < -0.39 is 11.5 Å². The normalized spacial score (nSPS) is 22.0. The fourth-order valence-electron chi connectivity index (χ4n) is 4.44. The van der Waals surface area contributed by atoms with Crippen molar-refractivity contribution in [2.45, 2.75) is 31.4 Å². The lowest BCUT2D eigenvalue weighted by atomic mass is 9.82. The van der Waals surface area contributed by atoms with Crippen molar-refractivity contribution in [2.75, 3.05) is 20.2 Å². The van der Waals surface area contributed by atoms with Gasteiger partial charge in [0.25, 0.3) is 5.91 Å². The highest BCUT2D eigenvalue weighted by molar-refractivity contribution is 6.04. The number of amides is 1. The maximum absolute atomic E-state index is 13.2. The van der Waals surface area contributed by atoms with E-state index in [0.717, 1.165) is 60.6 Å². The van der Waals surface area contributed by atoms with Gasteiger partial charge in [-0.2, -0.15) is 0 Å². The second-order valence-corrected chi connectivity index (χ2v) is 8.19. The van der Waals surface area contributed by atoms with Crippen LogP contribution in [0.5, 0.6) is 5.75 Å². The van der Waals surface area contributed by atoms with Gasteiger partial charge in [-0.15, -0.1) is 0 Å². The van der Waals surface area contributed by atoms with Crippen LogP contribution in [0.25, 0.3) is 6.08 Å². The lowest BCUT2D eigenvalue weighted by Gasteiger charge is -2.45. The summed E-state index contributed by atoms with van der Waals surface area (Å²) in [4.78, 5) is 18.7. The summed E-state index contributed by atoms with van der Waals surface area (Å²) in [5.74, 6) is -0.116. The third kappa shape index (κ3) is 4.98. The van der Waals surface area contributed by atoms with Gasteiger partial charge in [-0.25, -0.2) is 9.87 Å². The zero-order valence-electron chi connectivity index (χ0n) is 17.9. The fourth-order valence-corrected chi connectivity index (χ4v) is 4.44. The molecule has 2 aromatic rings. The summed E-state index contributed by atoms with van der Waals surface area (Å²) in [6, 6.07) is 12.2. The Morgan fingerprint density at radius 3 is 2.91 bits per heavy atom. The number of carbonyl (C=O) groups is 1. The maximum Gasteiger partial charge on any atom is 0.267 e. The van der Waals surface area contributed by atoms with E-state index in [1.165, 1.54) is 25.3 Å². The molecular formula is C24H26FN3O4. The first-order chi connectivity index (χ1) is 15.5. The molecule has 2 aromatic carbocycles. The Labute approximate surface area is 186 Å². The molecule has 0 aromatic heterocycles. The predicted octanol–water partition coefficient (Wildman–Crippen LogP) is 3.51. The van der Waals surface area contributed by atoms with Crippen LogP contribution in [0.4, 0.5) is 4.39 Å². The maximum atomic E-state index is 13.2. The van der Waals surface area contributed by atoms with Crippen molar-refractivity contribution in [3.8, 4) is 5.75 Å². The van der Waals surface area contributed by atoms with Crippen LogP contribution in [-0.2, 0) is 16.2 Å². The van der Waals surface area contributed by atoms with Crippen molar-refractivity contribution < 1.29 is 24.0 Å². The van der Waals surface area contributed by atoms with E-state index in [-0.39, 0.29) is 5.82 Å². The van der Waals surface area contributed by atoms with Gasteiger partial charge < -0.3 is 9.57 Å². The molecule has 1 atom stereocenters. The highest BCUT2D eigenvalue weighted by Crippen LogP contribution is 2.39. The SMILES string of the molecule is CON=C1CC2(CCCN(Cc3ccc(F)cc3)C2)Oc2ccc(C=CC(=O)NO)cc21. The number of carbonyl (C=O) groups excluding carboxylic acids is 1. The van der Waals surface area contributed by atoms with E-state index in [9.17, 15) is 9.18 Å². The van der Waals surface area contributed by atoms with Crippen LogP contribution >= 0.6 is 0 Å². The minimum Gasteiger partial charge on any atom is -0.485 e. The van der Waals surface area contributed by atoms with Crippen LogP contribution in [0, 0.1) is 5.82 Å². The third-order valence-electron chi connectivity index (χ3n) is 5.81. The van der Waals surface area contributed by atoms with Crippen LogP contribution in [0.3, 0.4) is 0 Å². The van der Waals surface area contributed by atoms with Crippen LogP contribution < -0.4 is 10.2 Å². The third-order valence-corrected chi connectivity index (χ3v) is 5.81. The van der Waals surface area contributed by atoms with Crippen LogP contribution in [0.2, 0.25) is 0 Å². The van der Waals surface area contributed by atoms with E-state index in [0.29, 0.717) is 6.42 Å². The van der Waals surface area contributed by atoms with Gasteiger partial charge in [0, 0.05) is 31.1 Å². The lowest BCUT2D eigenvalue weighted by Crippen LogP contribution is -2.54. The molecule has 1 amide bonds. The van der Waals surface area contributed by atoms with Gasteiger partial charge in [-0.3, -0.25) is 14.9 Å². The van der Waals surface area contributed by atoms with Gasteiger partial charge in [0.2, 0.25) is 0 Å². The van der Waals surface area contributed by atoms with E-state index in [2.05, 4.69) is 10.1 Å². The molecule has 2 heterocycles. The molecule has 1 spiro atoms. The number of likely N-dealkylation sites (tertiary alicyclic amines) is 1. The van der Waals surface area contributed by atoms with Crippen molar-refractivity contribution in [3.63, 3.8) is 0 Å². The molecule has 4 rings (SSSR count). The van der Waals surface area contributed by atoms with Gasteiger partial charge in [-0.1, -0.05) is 23.4 Å². The zero-order valence-corrected chi connectivity index (χ0v) is 17.9. The molecular weight excluding hydrogens is 413 g/mol. The largest absolute Gasteiger partial charge is 0.485 e. The van der Waals surface area contributed by atoms with E-state index in [1.807, 2.05) is 30.3 Å². The average molecular weight is 439 g/mol. The summed E-state index contributed by atoms with van der Waals surface area (Å²) in [5, 5.41) is 12.9. The molecule has 0 saturated carbocycles. The Balaban J connectivity index is 1.56. The second-order valence-electron chi connectivity index (χ2n) is 8.19. The molecule has 168 valence electrons. The number of hydrogen-bond donors (Lipinski definition) is 2. The number of ether oxygens (including phenoxy) is 1. The van der Waals surface area contributed by atoms with Gasteiger partial charge in [-0.05, 0) is 60.9 Å². The second kappa shape index (κ2) is 9.50. The van der Waals surface area contributed by atoms with Gasteiger partial charge in [0.05, 0.1) is 5.71 Å². The Morgan fingerprint density at radius 1 is 1.34 bits per heavy atom. The first-order valence-electron chi connectivity index (χ1n) is 10.5. The quantitative estimate of drug-likeness (QED) is 0.423. The zero-order chi connectivity index (χ0) is 22.6. The summed E-state index contributed by atoms with van der Waals surface area (Å²) < 4.78 is 19.8. The Morgan fingerprint density at radius 2 is 2.16 bits per heavy atom. The van der Waals surface area contributed by atoms with Crippen molar-refractivity contribution in [1.29, 1.82) is 0 Å². The molecule has 0 radical (unpaired) electrons. The number of hydroxylamine groups is 1. The summed E-state index contributed by atoms with van der Waals surface area (Å²) in [7, 11) is 1.52. The van der Waals surface area contributed by atoms with Gasteiger partial charge >= 0.3 is 0 Å². The van der Waals surface area contributed by atoms with Crippen LogP contribution in [-0.4, -0.2) is 47.5 Å². The molecule has 0 aliphatic carbocycles. The van der Waals surface area contributed by atoms with Crippen molar-refractivity contribution in [2.24, 2.45) is 5.16 Å². The van der Waals surface area contributed by atoms with Gasteiger partial charge in [0.1, 0.15) is 24.3 Å². The average Bonchev–Trinajstić information content (AvgIpc) is 2.79. The molecule has 1 unspecified atom stereocenters. The fraction of sp³-hybridized carbons (Fsp3) is 0.333. The van der Waals surface area contributed by atoms with E-state index in [1.54, 1.807) is 11.6 Å². The first kappa shape index (κ1) is 22.0. The first-order valence-corrected chi connectivity index (χ1v) is 10.5. The van der Waals surface area contributed by atoms with Crippen molar-refractivity contribution in [3.05, 3.63) is 71.0 Å². The summed E-state index contributed by atoms with van der Waals surface area (Å²) in [5.41, 5.74) is 4.60. The minimum atomic E-state index is -0.604. The Bertz CT molecular complexity index is 1040. The number of piperidine rings is 1. The number of oxime groups is 1. The van der Waals surface area contributed by atoms with Crippen LogP contribution in [0.15, 0.2) is 53.7 Å². The molecule has 1 saturated heterocycles. The van der Waals surface area contributed by atoms with Crippen molar-refractivity contribution >= 4 is 17.7 Å². The molecule has 7 nitrogen and oxygen atoms in total.